The van der Waals surface area contributed by atoms with Gasteiger partial charge in [0.2, 0.25) is 11.8 Å². The number of amides is 2. The van der Waals surface area contributed by atoms with Gasteiger partial charge in [0.25, 0.3) is 0 Å². The molecule has 0 aliphatic carbocycles. The highest BCUT2D eigenvalue weighted by atomic mass is 16.2. The van der Waals surface area contributed by atoms with Crippen molar-refractivity contribution in [2.24, 2.45) is 18.7 Å². The zero-order valence-corrected chi connectivity index (χ0v) is 12.4. The van der Waals surface area contributed by atoms with Crippen LogP contribution in [0.5, 0.6) is 0 Å². The number of hydrogen-bond donors (Lipinski definition) is 3. The molecule has 4 N–H and O–H groups in total. The second-order valence-electron chi connectivity index (χ2n) is 5.23. The Kier molecular flexibility index (Phi) is 5.69. The molecular formula is C13H23N5O2. The number of nitrogens with one attached hydrogen (secondary N) is 2. The predicted octanol–water partition coefficient (Wildman–Crippen LogP) is -0.303. The Hall–Kier alpha value is -1.89. The normalized spacial score (nSPS) is 13.9. The molecule has 1 heterocycles. The Labute approximate surface area is 118 Å². The Morgan fingerprint density at radius 2 is 2.05 bits per heavy atom. The van der Waals surface area contributed by atoms with E-state index in [1.165, 1.54) is 0 Å². The Morgan fingerprint density at radius 3 is 2.50 bits per heavy atom. The number of hydrogen-bond acceptors (Lipinski definition) is 4. The Balaban J connectivity index is 2.72. The highest BCUT2D eigenvalue weighted by Gasteiger charge is 2.25. The molecule has 2 unspecified atom stereocenters. The summed E-state index contributed by atoms with van der Waals surface area (Å²) in [5.41, 5.74) is 6.49. The van der Waals surface area contributed by atoms with E-state index in [0.29, 0.717) is 12.0 Å². The van der Waals surface area contributed by atoms with Gasteiger partial charge in [-0.15, -0.1) is 0 Å². The minimum absolute atomic E-state index is 0.217. The van der Waals surface area contributed by atoms with Crippen LogP contribution in [0.3, 0.4) is 0 Å². The topological polar surface area (TPSA) is 102 Å². The highest BCUT2D eigenvalue weighted by Crippen LogP contribution is 2.11. The number of rotatable bonds is 6. The predicted molar refractivity (Wildman–Crippen MR) is 75.6 cm³/mol. The average Bonchev–Trinajstić information content (AvgIpc) is 2.82. The number of carbonyl (C=O) groups excluding carboxylic acids is 2. The van der Waals surface area contributed by atoms with E-state index in [-0.39, 0.29) is 17.7 Å². The van der Waals surface area contributed by atoms with E-state index in [4.69, 9.17) is 5.73 Å². The molecule has 7 nitrogen and oxygen atoms in total. The average molecular weight is 281 g/mol. The van der Waals surface area contributed by atoms with E-state index in [0.717, 1.165) is 0 Å². The van der Waals surface area contributed by atoms with Crippen molar-refractivity contribution in [1.82, 2.24) is 20.4 Å². The lowest BCUT2D eigenvalue weighted by atomic mass is 10.0. The molecule has 0 aromatic carbocycles. The van der Waals surface area contributed by atoms with Gasteiger partial charge in [0, 0.05) is 25.9 Å². The molecule has 1 aromatic rings. The summed E-state index contributed by atoms with van der Waals surface area (Å²) < 4.78 is 1.58. The van der Waals surface area contributed by atoms with E-state index < -0.39 is 12.1 Å². The van der Waals surface area contributed by atoms with Crippen LogP contribution in [0, 0.1) is 5.92 Å². The van der Waals surface area contributed by atoms with Gasteiger partial charge in [-0.05, 0) is 12.3 Å². The summed E-state index contributed by atoms with van der Waals surface area (Å²) >= 11 is 0. The summed E-state index contributed by atoms with van der Waals surface area (Å²) in [6.07, 6.45) is 3.79. The van der Waals surface area contributed by atoms with Gasteiger partial charge in [0.1, 0.15) is 12.1 Å². The van der Waals surface area contributed by atoms with E-state index in [2.05, 4.69) is 15.7 Å². The van der Waals surface area contributed by atoms with Crippen molar-refractivity contribution in [2.45, 2.75) is 32.4 Å². The quantitative estimate of drug-likeness (QED) is 0.666. The van der Waals surface area contributed by atoms with Crippen LogP contribution in [0.2, 0.25) is 0 Å². The Morgan fingerprint density at radius 1 is 1.40 bits per heavy atom. The monoisotopic (exact) mass is 281 g/mol. The zero-order valence-electron chi connectivity index (χ0n) is 12.4. The first-order valence-electron chi connectivity index (χ1n) is 6.61. The molecule has 1 rings (SSSR count). The third-order valence-corrected chi connectivity index (χ3v) is 2.95. The van der Waals surface area contributed by atoms with Gasteiger partial charge >= 0.3 is 0 Å². The van der Waals surface area contributed by atoms with Crippen molar-refractivity contribution < 1.29 is 9.59 Å². The summed E-state index contributed by atoms with van der Waals surface area (Å²) in [7, 11) is 3.29. The molecule has 20 heavy (non-hydrogen) atoms. The lowest BCUT2D eigenvalue weighted by Gasteiger charge is -2.21. The smallest absolute Gasteiger partial charge is 0.242 e. The molecule has 0 fully saturated rings. The molecule has 0 saturated heterocycles. The van der Waals surface area contributed by atoms with E-state index in [9.17, 15) is 9.59 Å². The third kappa shape index (κ3) is 4.34. The summed E-state index contributed by atoms with van der Waals surface area (Å²) in [5, 5.41) is 9.22. The van der Waals surface area contributed by atoms with Gasteiger partial charge in [-0.3, -0.25) is 14.3 Å². The van der Waals surface area contributed by atoms with Crippen LogP contribution >= 0.6 is 0 Å². The van der Waals surface area contributed by atoms with E-state index in [1.807, 2.05) is 13.8 Å². The molecule has 0 spiro atoms. The fourth-order valence-electron chi connectivity index (χ4n) is 1.89. The van der Waals surface area contributed by atoms with E-state index >= 15 is 0 Å². The van der Waals surface area contributed by atoms with Crippen molar-refractivity contribution in [2.75, 3.05) is 7.05 Å². The molecule has 0 aliphatic heterocycles. The van der Waals surface area contributed by atoms with Crippen molar-refractivity contribution in [1.29, 1.82) is 0 Å². The summed E-state index contributed by atoms with van der Waals surface area (Å²) in [6.45, 7) is 3.98. The lowest BCUT2D eigenvalue weighted by molar-refractivity contribution is -0.129. The molecule has 2 atom stereocenters. The van der Waals surface area contributed by atoms with Crippen LogP contribution in [0.1, 0.15) is 31.9 Å². The summed E-state index contributed by atoms with van der Waals surface area (Å²) in [5.74, 6) is -0.315. The molecule has 0 aliphatic rings. The third-order valence-electron chi connectivity index (χ3n) is 2.95. The fourth-order valence-corrected chi connectivity index (χ4v) is 1.89. The maximum Gasteiger partial charge on any atom is 0.242 e. The van der Waals surface area contributed by atoms with Crippen LogP contribution in [0.25, 0.3) is 0 Å². The van der Waals surface area contributed by atoms with E-state index in [1.54, 1.807) is 31.2 Å². The highest BCUT2D eigenvalue weighted by molar-refractivity contribution is 5.90. The lowest BCUT2D eigenvalue weighted by Crippen LogP contribution is -2.49. The minimum atomic E-state index is -0.831. The summed E-state index contributed by atoms with van der Waals surface area (Å²) in [4.78, 5) is 23.9. The molecule has 2 amide bonds. The molecule has 1 aromatic heterocycles. The minimum Gasteiger partial charge on any atom is -0.357 e. The van der Waals surface area contributed by atoms with Crippen molar-refractivity contribution in [3.05, 3.63) is 18.0 Å². The second kappa shape index (κ2) is 7.04. The molecule has 0 saturated carbocycles. The zero-order chi connectivity index (χ0) is 15.3. The van der Waals surface area contributed by atoms with Crippen LogP contribution in [-0.2, 0) is 16.6 Å². The van der Waals surface area contributed by atoms with Gasteiger partial charge in [-0.2, -0.15) is 5.10 Å². The molecular weight excluding hydrogens is 258 g/mol. The van der Waals surface area contributed by atoms with Crippen LogP contribution < -0.4 is 16.4 Å². The number of carbonyl (C=O) groups is 2. The maximum absolute atomic E-state index is 12.1. The first-order chi connectivity index (χ1) is 9.35. The van der Waals surface area contributed by atoms with Crippen LogP contribution in [0.15, 0.2) is 12.4 Å². The molecule has 7 heteroatoms. The maximum atomic E-state index is 12.1. The standard InChI is InChI=1S/C13H23N5O2/c1-8(2)5-10(12(19)15-3)17-13(20)11(14)9-6-16-18(4)7-9/h6-8,10-11H,5,14H2,1-4H3,(H,15,19)(H,17,20). The number of nitrogens with zero attached hydrogens (tertiary/aromatic N) is 2. The first-order valence-corrected chi connectivity index (χ1v) is 6.61. The van der Waals surface area contributed by atoms with Crippen molar-refractivity contribution in [3.8, 4) is 0 Å². The van der Waals surface area contributed by atoms with Crippen molar-refractivity contribution >= 4 is 11.8 Å². The fraction of sp³-hybridized carbons (Fsp3) is 0.615. The first kappa shape index (κ1) is 16.2. The summed E-state index contributed by atoms with van der Waals surface area (Å²) in [6, 6.07) is -1.40. The Bertz CT molecular complexity index is 469. The number of likely N-dealkylation sites (N-methyl/N-ethyl adjacent to an activating group) is 1. The van der Waals surface area contributed by atoms with Gasteiger partial charge in [-0.25, -0.2) is 0 Å². The SMILES string of the molecule is CNC(=O)C(CC(C)C)NC(=O)C(N)c1cnn(C)c1. The van der Waals surface area contributed by atoms with Gasteiger partial charge in [0.05, 0.1) is 6.20 Å². The largest absolute Gasteiger partial charge is 0.357 e. The molecule has 0 radical (unpaired) electrons. The van der Waals surface area contributed by atoms with Gasteiger partial charge in [-0.1, -0.05) is 13.8 Å². The second-order valence-corrected chi connectivity index (χ2v) is 5.23. The molecule has 112 valence electrons. The van der Waals surface area contributed by atoms with Gasteiger partial charge < -0.3 is 16.4 Å². The number of aryl methyl sites for hydroxylation is 1. The molecule has 0 bridgehead atoms. The van der Waals surface area contributed by atoms with Crippen LogP contribution in [-0.4, -0.2) is 34.7 Å². The number of nitrogens with two attached hydrogens (primary N) is 1. The van der Waals surface area contributed by atoms with Gasteiger partial charge in [0.15, 0.2) is 0 Å². The van der Waals surface area contributed by atoms with Crippen LogP contribution in [0.4, 0.5) is 0 Å². The number of aromatic nitrogens is 2. The van der Waals surface area contributed by atoms with Crippen molar-refractivity contribution in [3.63, 3.8) is 0 Å².